The summed E-state index contributed by atoms with van der Waals surface area (Å²) in [6, 6.07) is 2.08. The van der Waals surface area contributed by atoms with Gasteiger partial charge in [-0.05, 0) is 12.8 Å². The van der Waals surface area contributed by atoms with Crippen LogP contribution in [0, 0.1) is 5.92 Å². The van der Waals surface area contributed by atoms with E-state index in [1.807, 2.05) is 25.7 Å². The zero-order valence-electron chi connectivity index (χ0n) is 14.1. The fourth-order valence-corrected chi connectivity index (χ4v) is 3.39. The Labute approximate surface area is 136 Å². The lowest BCUT2D eigenvalue weighted by Crippen LogP contribution is -2.35. The smallest absolute Gasteiger partial charge is 0.232 e. The van der Waals surface area contributed by atoms with Crippen LogP contribution < -0.4 is 5.32 Å². The Morgan fingerprint density at radius 2 is 2.04 bits per heavy atom. The van der Waals surface area contributed by atoms with Gasteiger partial charge in [-0.1, -0.05) is 38.8 Å². The average molecular weight is 319 g/mol. The molecule has 1 unspecified atom stereocenters. The minimum atomic E-state index is -0.300. The molecule has 1 saturated carbocycles. The van der Waals surface area contributed by atoms with E-state index in [0.29, 0.717) is 24.9 Å². The summed E-state index contributed by atoms with van der Waals surface area (Å²) in [5.74, 6) is -0.00145. The van der Waals surface area contributed by atoms with E-state index in [4.69, 9.17) is 4.52 Å². The zero-order chi connectivity index (χ0) is 16.6. The number of anilines is 1. The number of likely N-dealkylation sites (tertiary alicyclic amines) is 1. The van der Waals surface area contributed by atoms with Gasteiger partial charge in [0.05, 0.1) is 11.6 Å². The highest BCUT2D eigenvalue weighted by Gasteiger charge is 2.38. The monoisotopic (exact) mass is 319 g/mol. The van der Waals surface area contributed by atoms with E-state index in [1.165, 1.54) is 12.8 Å². The predicted octanol–water partition coefficient (Wildman–Crippen LogP) is 2.70. The van der Waals surface area contributed by atoms with E-state index in [9.17, 15) is 9.59 Å². The number of carbonyl (C=O) groups excluding carboxylic acids is 2. The third-order valence-corrected chi connectivity index (χ3v) is 4.82. The molecule has 1 aliphatic carbocycles. The number of hydrogen-bond acceptors (Lipinski definition) is 4. The van der Waals surface area contributed by atoms with E-state index in [2.05, 4.69) is 10.5 Å². The Hall–Kier alpha value is -1.85. The summed E-state index contributed by atoms with van der Waals surface area (Å²) in [5.41, 5.74) is 0.664. The minimum Gasteiger partial charge on any atom is -0.339 e. The Bertz CT molecular complexity index is 596. The molecule has 1 aliphatic heterocycles. The molecule has 2 aliphatic rings. The molecule has 1 atom stereocenters. The van der Waals surface area contributed by atoms with Crippen molar-refractivity contribution in [3.63, 3.8) is 0 Å². The first-order valence-corrected chi connectivity index (χ1v) is 8.42. The van der Waals surface area contributed by atoms with Crippen molar-refractivity contribution >= 4 is 17.7 Å². The third-order valence-electron chi connectivity index (χ3n) is 4.82. The van der Waals surface area contributed by atoms with Gasteiger partial charge in [0.25, 0.3) is 0 Å². The van der Waals surface area contributed by atoms with Gasteiger partial charge in [0.1, 0.15) is 0 Å². The van der Waals surface area contributed by atoms with Gasteiger partial charge in [-0.15, -0.1) is 0 Å². The molecule has 6 heteroatoms. The van der Waals surface area contributed by atoms with E-state index < -0.39 is 0 Å². The first-order valence-electron chi connectivity index (χ1n) is 8.42. The fraction of sp³-hybridized carbons (Fsp3) is 0.706. The van der Waals surface area contributed by atoms with Gasteiger partial charge in [-0.25, -0.2) is 0 Å². The van der Waals surface area contributed by atoms with Gasteiger partial charge in [0.2, 0.25) is 17.7 Å². The van der Waals surface area contributed by atoms with Crippen LogP contribution in [0.15, 0.2) is 10.6 Å². The van der Waals surface area contributed by atoms with Crippen molar-refractivity contribution in [3.8, 4) is 0 Å². The Morgan fingerprint density at radius 1 is 1.35 bits per heavy atom. The van der Waals surface area contributed by atoms with E-state index in [1.54, 1.807) is 6.07 Å². The highest BCUT2D eigenvalue weighted by Crippen LogP contribution is 2.30. The second-order valence-electron chi connectivity index (χ2n) is 7.70. The van der Waals surface area contributed by atoms with Gasteiger partial charge in [0, 0.05) is 30.5 Å². The van der Waals surface area contributed by atoms with Gasteiger partial charge >= 0.3 is 0 Å². The van der Waals surface area contributed by atoms with Crippen molar-refractivity contribution in [1.29, 1.82) is 0 Å². The standard InChI is InChI=1S/C17H25N3O3/c1-17(2,3)13-9-14(23-19-13)18-16(22)11-8-15(21)20(10-11)12-6-4-5-7-12/h9,11-12H,4-8,10H2,1-3H3,(H,18,22). The van der Waals surface area contributed by atoms with Crippen LogP contribution >= 0.6 is 0 Å². The Kier molecular flexibility index (Phi) is 4.17. The lowest BCUT2D eigenvalue weighted by atomic mass is 9.92. The topological polar surface area (TPSA) is 75.4 Å². The van der Waals surface area contributed by atoms with Crippen LogP contribution in [-0.2, 0) is 15.0 Å². The molecule has 3 rings (SSSR count). The predicted molar refractivity (Wildman–Crippen MR) is 85.9 cm³/mol. The normalized spacial score (nSPS) is 22.8. The molecule has 1 N–H and O–H groups in total. The maximum absolute atomic E-state index is 12.4. The molecule has 2 fully saturated rings. The van der Waals surface area contributed by atoms with Crippen molar-refractivity contribution < 1.29 is 14.1 Å². The van der Waals surface area contributed by atoms with E-state index >= 15 is 0 Å². The number of carbonyl (C=O) groups is 2. The number of nitrogens with one attached hydrogen (secondary N) is 1. The molecule has 2 amide bonds. The van der Waals surface area contributed by atoms with Crippen LogP contribution in [0.2, 0.25) is 0 Å². The van der Waals surface area contributed by atoms with Gasteiger partial charge < -0.3 is 9.42 Å². The quantitative estimate of drug-likeness (QED) is 0.929. The molecule has 1 aromatic heterocycles. The lowest BCUT2D eigenvalue weighted by molar-refractivity contribution is -0.129. The van der Waals surface area contributed by atoms with Crippen molar-refractivity contribution in [2.45, 2.75) is 64.3 Å². The van der Waals surface area contributed by atoms with E-state index in [-0.39, 0.29) is 23.1 Å². The van der Waals surface area contributed by atoms with Crippen LogP contribution in [-0.4, -0.2) is 34.5 Å². The molecule has 23 heavy (non-hydrogen) atoms. The van der Waals surface area contributed by atoms with E-state index in [0.717, 1.165) is 18.5 Å². The zero-order valence-corrected chi connectivity index (χ0v) is 14.1. The van der Waals surface area contributed by atoms with Crippen LogP contribution in [0.5, 0.6) is 0 Å². The minimum absolute atomic E-state index is 0.102. The summed E-state index contributed by atoms with van der Waals surface area (Å²) >= 11 is 0. The third kappa shape index (κ3) is 3.41. The molecular formula is C17H25N3O3. The summed E-state index contributed by atoms with van der Waals surface area (Å²) in [4.78, 5) is 26.5. The van der Waals surface area contributed by atoms with Gasteiger partial charge in [-0.3, -0.25) is 14.9 Å². The number of aromatic nitrogens is 1. The molecule has 2 heterocycles. The largest absolute Gasteiger partial charge is 0.339 e. The van der Waals surface area contributed by atoms with Crippen LogP contribution in [0.3, 0.4) is 0 Å². The molecule has 1 aromatic rings. The molecule has 0 bridgehead atoms. The molecule has 0 spiro atoms. The number of nitrogens with zero attached hydrogens (tertiary/aromatic N) is 2. The second kappa shape index (κ2) is 5.98. The highest BCUT2D eigenvalue weighted by atomic mass is 16.5. The lowest BCUT2D eigenvalue weighted by Gasteiger charge is -2.23. The first-order chi connectivity index (χ1) is 10.8. The molecule has 126 valence electrons. The first kappa shape index (κ1) is 16.0. The number of rotatable bonds is 3. The summed E-state index contributed by atoms with van der Waals surface area (Å²) in [6.07, 6.45) is 4.79. The maximum Gasteiger partial charge on any atom is 0.232 e. The average Bonchev–Trinajstić information content (AvgIpc) is 3.16. The maximum atomic E-state index is 12.4. The summed E-state index contributed by atoms with van der Waals surface area (Å²) in [7, 11) is 0. The Morgan fingerprint density at radius 3 is 2.65 bits per heavy atom. The fourth-order valence-electron chi connectivity index (χ4n) is 3.39. The summed E-state index contributed by atoms with van der Waals surface area (Å²) in [6.45, 7) is 6.62. The molecular weight excluding hydrogens is 294 g/mol. The number of amides is 2. The number of hydrogen-bond donors (Lipinski definition) is 1. The SMILES string of the molecule is CC(C)(C)c1cc(NC(=O)C2CC(=O)N(C3CCCC3)C2)on1. The molecule has 0 aromatic carbocycles. The summed E-state index contributed by atoms with van der Waals surface area (Å²) in [5, 5.41) is 6.75. The molecule has 0 radical (unpaired) electrons. The van der Waals surface area contributed by atoms with Crippen LogP contribution in [0.4, 0.5) is 5.88 Å². The second-order valence-corrected chi connectivity index (χ2v) is 7.70. The summed E-state index contributed by atoms with van der Waals surface area (Å²) < 4.78 is 5.19. The van der Waals surface area contributed by atoms with Crippen molar-refractivity contribution in [3.05, 3.63) is 11.8 Å². The van der Waals surface area contributed by atoms with Crippen molar-refractivity contribution in [2.75, 3.05) is 11.9 Å². The highest BCUT2D eigenvalue weighted by molar-refractivity contribution is 5.96. The van der Waals surface area contributed by atoms with Crippen molar-refractivity contribution in [2.24, 2.45) is 5.92 Å². The Balaban J connectivity index is 1.60. The van der Waals surface area contributed by atoms with Crippen molar-refractivity contribution in [1.82, 2.24) is 10.1 Å². The molecule has 1 saturated heterocycles. The molecule has 6 nitrogen and oxygen atoms in total. The van der Waals surface area contributed by atoms with Crippen LogP contribution in [0.1, 0.15) is 58.6 Å². The van der Waals surface area contributed by atoms with Gasteiger partial charge in [-0.2, -0.15) is 0 Å². The van der Waals surface area contributed by atoms with Gasteiger partial charge in [0.15, 0.2) is 0 Å². The van der Waals surface area contributed by atoms with Crippen LogP contribution in [0.25, 0.3) is 0 Å².